The largest absolute Gasteiger partial charge is 0.496 e. The molecule has 36 heavy (non-hydrogen) atoms. The van der Waals surface area contributed by atoms with Crippen LogP contribution in [0.2, 0.25) is 0 Å². The third-order valence-electron chi connectivity index (χ3n) is 5.41. The van der Waals surface area contributed by atoms with Crippen molar-refractivity contribution in [2.45, 2.75) is 31.3 Å². The predicted octanol–water partition coefficient (Wildman–Crippen LogP) is 4.67. The molecule has 0 N–H and O–H groups in total. The van der Waals surface area contributed by atoms with Crippen LogP contribution in [0.25, 0.3) is 0 Å². The summed E-state index contributed by atoms with van der Waals surface area (Å²) in [5.41, 5.74) is 0.871. The molecule has 0 heterocycles. The SMILES string of the molecule is COc1ccc(CN(C(=O)c2c(OC)cccc2OC)C(C)C)cc1OS(=O)(=O)c1ccc(F)cc1. The Bertz CT molecular complexity index is 1300. The molecule has 192 valence electrons. The molecule has 0 saturated carbocycles. The highest BCUT2D eigenvalue weighted by Gasteiger charge is 2.27. The molecular formula is C26H28FNO7S. The maximum atomic E-state index is 13.6. The van der Waals surface area contributed by atoms with Gasteiger partial charge in [-0.25, -0.2) is 4.39 Å². The summed E-state index contributed by atoms with van der Waals surface area (Å²) in [6.07, 6.45) is 0. The van der Waals surface area contributed by atoms with E-state index in [4.69, 9.17) is 18.4 Å². The van der Waals surface area contributed by atoms with E-state index < -0.39 is 15.9 Å². The van der Waals surface area contributed by atoms with Gasteiger partial charge in [-0.15, -0.1) is 0 Å². The molecule has 0 saturated heterocycles. The van der Waals surface area contributed by atoms with Gasteiger partial charge in [-0.1, -0.05) is 12.1 Å². The van der Waals surface area contributed by atoms with E-state index in [0.717, 1.165) is 24.3 Å². The maximum absolute atomic E-state index is 13.6. The molecule has 0 aliphatic heterocycles. The predicted molar refractivity (Wildman–Crippen MR) is 132 cm³/mol. The lowest BCUT2D eigenvalue weighted by molar-refractivity contribution is 0.0683. The quantitative estimate of drug-likeness (QED) is 0.361. The number of amides is 1. The van der Waals surface area contributed by atoms with Crippen molar-refractivity contribution in [1.29, 1.82) is 0 Å². The summed E-state index contributed by atoms with van der Waals surface area (Å²) in [4.78, 5) is 15.0. The van der Waals surface area contributed by atoms with E-state index >= 15 is 0 Å². The minimum atomic E-state index is -4.26. The number of carbonyl (C=O) groups excluding carboxylic acids is 1. The van der Waals surface area contributed by atoms with Crippen LogP contribution in [0.15, 0.2) is 65.6 Å². The van der Waals surface area contributed by atoms with Gasteiger partial charge in [0.05, 0.1) is 21.3 Å². The molecule has 0 aromatic heterocycles. The molecule has 3 rings (SSSR count). The molecule has 0 aliphatic carbocycles. The van der Waals surface area contributed by atoms with Gasteiger partial charge in [0.15, 0.2) is 11.5 Å². The van der Waals surface area contributed by atoms with Gasteiger partial charge in [0.2, 0.25) is 0 Å². The average molecular weight is 518 g/mol. The Hall–Kier alpha value is -3.79. The second-order valence-electron chi connectivity index (χ2n) is 8.04. The summed E-state index contributed by atoms with van der Waals surface area (Å²) in [6, 6.07) is 13.9. The van der Waals surface area contributed by atoms with E-state index in [0.29, 0.717) is 17.1 Å². The highest BCUT2D eigenvalue weighted by molar-refractivity contribution is 7.87. The summed E-state index contributed by atoms with van der Waals surface area (Å²) < 4.78 is 60.1. The third-order valence-corrected chi connectivity index (χ3v) is 6.66. The van der Waals surface area contributed by atoms with Gasteiger partial charge in [0, 0.05) is 12.6 Å². The summed E-state index contributed by atoms with van der Waals surface area (Å²) in [7, 11) is 0.0617. The molecule has 0 fully saturated rings. The van der Waals surface area contributed by atoms with Crippen LogP contribution in [0.5, 0.6) is 23.0 Å². The van der Waals surface area contributed by atoms with Gasteiger partial charge in [-0.2, -0.15) is 8.42 Å². The topological polar surface area (TPSA) is 91.4 Å². The fourth-order valence-electron chi connectivity index (χ4n) is 3.54. The van der Waals surface area contributed by atoms with Crippen molar-refractivity contribution < 1.29 is 36.0 Å². The highest BCUT2D eigenvalue weighted by atomic mass is 32.2. The van der Waals surface area contributed by atoms with Crippen LogP contribution in [0.3, 0.4) is 0 Å². The average Bonchev–Trinajstić information content (AvgIpc) is 2.86. The van der Waals surface area contributed by atoms with E-state index in [1.807, 2.05) is 13.8 Å². The van der Waals surface area contributed by atoms with Crippen LogP contribution in [-0.4, -0.2) is 46.6 Å². The van der Waals surface area contributed by atoms with Crippen molar-refractivity contribution in [3.63, 3.8) is 0 Å². The molecule has 0 bridgehead atoms. The van der Waals surface area contributed by atoms with Crippen LogP contribution in [-0.2, 0) is 16.7 Å². The fourth-order valence-corrected chi connectivity index (χ4v) is 4.48. The number of halogens is 1. The van der Waals surface area contributed by atoms with Gasteiger partial charge in [-0.05, 0) is 67.9 Å². The second kappa shape index (κ2) is 11.3. The zero-order chi connectivity index (χ0) is 26.5. The van der Waals surface area contributed by atoms with Crippen LogP contribution in [0.1, 0.15) is 29.8 Å². The lowest BCUT2D eigenvalue weighted by Gasteiger charge is -2.28. The number of rotatable bonds is 10. The first-order valence-electron chi connectivity index (χ1n) is 11.0. The minimum absolute atomic E-state index is 0.0645. The Labute approximate surface area is 210 Å². The lowest BCUT2D eigenvalue weighted by Crippen LogP contribution is -2.36. The maximum Gasteiger partial charge on any atom is 0.339 e. The number of ether oxygens (including phenoxy) is 3. The van der Waals surface area contributed by atoms with Crippen molar-refractivity contribution in [3.8, 4) is 23.0 Å². The standard InChI is InChI=1S/C26H28FNO7S/c1-17(2)28(26(29)25-22(33-4)7-6-8-23(25)34-5)16-18-9-14-21(32-3)24(15-18)35-36(30,31)20-12-10-19(27)11-13-20/h6-15,17H,16H2,1-5H3. The van der Waals surface area contributed by atoms with Gasteiger partial charge in [0.1, 0.15) is 27.8 Å². The highest BCUT2D eigenvalue weighted by Crippen LogP contribution is 2.33. The monoisotopic (exact) mass is 517 g/mol. The van der Waals surface area contributed by atoms with Gasteiger partial charge in [0.25, 0.3) is 5.91 Å². The molecule has 0 radical (unpaired) electrons. The summed E-state index contributed by atoms with van der Waals surface area (Å²) in [6.45, 7) is 3.86. The molecule has 0 spiro atoms. The Morgan fingerprint density at radius 2 is 1.44 bits per heavy atom. The molecule has 0 atom stereocenters. The van der Waals surface area contributed by atoms with Crippen molar-refractivity contribution in [2.75, 3.05) is 21.3 Å². The van der Waals surface area contributed by atoms with Crippen molar-refractivity contribution in [2.24, 2.45) is 0 Å². The number of carbonyl (C=O) groups is 1. The molecule has 1 amide bonds. The lowest BCUT2D eigenvalue weighted by atomic mass is 10.1. The van der Waals surface area contributed by atoms with Crippen molar-refractivity contribution >= 4 is 16.0 Å². The van der Waals surface area contributed by atoms with Gasteiger partial charge < -0.3 is 23.3 Å². The van der Waals surface area contributed by atoms with Crippen molar-refractivity contribution in [1.82, 2.24) is 4.90 Å². The number of benzene rings is 3. The third kappa shape index (κ3) is 5.88. The molecule has 3 aromatic rings. The normalized spacial score (nSPS) is 11.2. The summed E-state index contributed by atoms with van der Waals surface area (Å²) in [5, 5.41) is 0. The first kappa shape index (κ1) is 26.8. The number of methoxy groups -OCH3 is 3. The van der Waals surface area contributed by atoms with Gasteiger partial charge in [-0.3, -0.25) is 4.79 Å². The van der Waals surface area contributed by atoms with E-state index in [1.54, 1.807) is 35.2 Å². The zero-order valence-electron chi connectivity index (χ0n) is 20.6. The van der Waals surface area contributed by atoms with E-state index in [9.17, 15) is 17.6 Å². The molecule has 0 unspecified atom stereocenters. The molecule has 3 aromatic carbocycles. The van der Waals surface area contributed by atoms with E-state index in [1.165, 1.54) is 27.4 Å². The molecule has 10 heteroatoms. The smallest absolute Gasteiger partial charge is 0.339 e. The summed E-state index contributed by atoms with van der Waals surface area (Å²) in [5.74, 6) is -0.0398. The Morgan fingerprint density at radius 1 is 0.861 bits per heavy atom. The number of hydrogen-bond acceptors (Lipinski definition) is 7. The van der Waals surface area contributed by atoms with E-state index in [-0.39, 0.29) is 40.5 Å². The van der Waals surface area contributed by atoms with Crippen LogP contribution < -0.4 is 18.4 Å². The Kier molecular flexibility index (Phi) is 8.41. The fraction of sp³-hybridized carbons (Fsp3) is 0.269. The summed E-state index contributed by atoms with van der Waals surface area (Å²) >= 11 is 0. The van der Waals surface area contributed by atoms with Crippen LogP contribution >= 0.6 is 0 Å². The van der Waals surface area contributed by atoms with Crippen LogP contribution in [0.4, 0.5) is 4.39 Å². The first-order valence-corrected chi connectivity index (χ1v) is 12.4. The Morgan fingerprint density at radius 3 is 1.97 bits per heavy atom. The van der Waals surface area contributed by atoms with E-state index in [2.05, 4.69) is 0 Å². The van der Waals surface area contributed by atoms with Crippen molar-refractivity contribution in [3.05, 3.63) is 77.6 Å². The molecule has 0 aliphatic rings. The molecule has 8 nitrogen and oxygen atoms in total. The zero-order valence-corrected chi connectivity index (χ0v) is 21.5. The first-order chi connectivity index (χ1) is 17.1. The van der Waals surface area contributed by atoms with Crippen LogP contribution in [0, 0.1) is 5.82 Å². The number of hydrogen-bond donors (Lipinski definition) is 0. The minimum Gasteiger partial charge on any atom is -0.496 e. The molecular weight excluding hydrogens is 489 g/mol. The second-order valence-corrected chi connectivity index (χ2v) is 9.59. The van der Waals surface area contributed by atoms with Gasteiger partial charge >= 0.3 is 10.1 Å². The number of nitrogens with zero attached hydrogens (tertiary/aromatic N) is 1. The Balaban J connectivity index is 1.96.